The zero-order valence-electron chi connectivity index (χ0n) is 20.0. The van der Waals surface area contributed by atoms with Gasteiger partial charge in [0.05, 0.1) is 35.4 Å². The van der Waals surface area contributed by atoms with Gasteiger partial charge in [-0.2, -0.15) is 5.26 Å². The smallest absolute Gasteiger partial charge is 0.241 e. The number of hydrogen-bond donors (Lipinski definition) is 1. The quantitative estimate of drug-likeness (QED) is 0.439. The topological polar surface area (TPSA) is 100.0 Å². The standard InChI is InChI=1S/C25H27F2N9/c1-16-23-18(17-3-4-21-22(13-17)35(12-9-26)33-31-21)5-11-36(23)32-24(29-16)30-20-6-10-34(14-19(20)27)25(15-28)7-2-8-25/h3-5,11,13,19-20H,2,6-10,12,14H2,1H3,(H,30,32). The summed E-state index contributed by atoms with van der Waals surface area (Å²) in [7, 11) is 0. The van der Waals surface area contributed by atoms with Gasteiger partial charge in [-0.3, -0.25) is 4.90 Å². The van der Waals surface area contributed by atoms with Crippen LogP contribution in [0.15, 0.2) is 30.5 Å². The van der Waals surface area contributed by atoms with E-state index in [1.165, 1.54) is 0 Å². The van der Waals surface area contributed by atoms with E-state index in [1.807, 2.05) is 42.3 Å². The second-order valence-corrected chi connectivity index (χ2v) is 9.75. The molecule has 1 saturated carbocycles. The number of halogens is 2. The van der Waals surface area contributed by atoms with Crippen LogP contribution in [0.4, 0.5) is 14.7 Å². The maximum absolute atomic E-state index is 15.1. The van der Waals surface area contributed by atoms with Crippen molar-refractivity contribution in [2.75, 3.05) is 25.1 Å². The zero-order valence-corrected chi connectivity index (χ0v) is 20.0. The molecule has 3 aromatic heterocycles. The van der Waals surface area contributed by atoms with Gasteiger partial charge in [-0.1, -0.05) is 11.3 Å². The van der Waals surface area contributed by atoms with Crippen LogP contribution >= 0.6 is 0 Å². The number of hydrogen-bond acceptors (Lipinski definition) is 7. The minimum absolute atomic E-state index is 0.152. The lowest BCUT2D eigenvalue weighted by Crippen LogP contribution is -2.60. The van der Waals surface area contributed by atoms with Crippen LogP contribution < -0.4 is 5.32 Å². The maximum atomic E-state index is 15.1. The molecular formula is C25H27F2N9. The Morgan fingerprint density at radius 3 is 2.86 bits per heavy atom. The van der Waals surface area contributed by atoms with Gasteiger partial charge in [0.2, 0.25) is 5.95 Å². The third-order valence-electron chi connectivity index (χ3n) is 7.66. The van der Waals surface area contributed by atoms with Crippen molar-refractivity contribution in [1.29, 1.82) is 5.26 Å². The molecule has 0 radical (unpaired) electrons. The van der Waals surface area contributed by atoms with E-state index in [0.717, 1.165) is 47.1 Å². The molecule has 36 heavy (non-hydrogen) atoms. The van der Waals surface area contributed by atoms with E-state index >= 15 is 4.39 Å². The van der Waals surface area contributed by atoms with Gasteiger partial charge >= 0.3 is 0 Å². The predicted molar refractivity (Wildman–Crippen MR) is 131 cm³/mol. The first-order chi connectivity index (χ1) is 17.5. The van der Waals surface area contributed by atoms with Gasteiger partial charge in [-0.15, -0.1) is 10.2 Å². The molecule has 2 aliphatic rings. The highest BCUT2D eigenvalue weighted by Gasteiger charge is 2.46. The molecule has 2 fully saturated rings. The highest BCUT2D eigenvalue weighted by atomic mass is 19.1. The van der Waals surface area contributed by atoms with E-state index in [-0.39, 0.29) is 13.1 Å². The molecule has 2 atom stereocenters. The number of nitrogens with zero attached hydrogens (tertiary/aromatic N) is 8. The Kier molecular flexibility index (Phi) is 5.56. The second-order valence-electron chi connectivity index (χ2n) is 9.75. The maximum Gasteiger partial charge on any atom is 0.241 e. The molecule has 1 aliphatic carbocycles. The van der Waals surface area contributed by atoms with Crippen LogP contribution in [0, 0.1) is 18.3 Å². The molecule has 0 spiro atoms. The predicted octanol–water partition coefficient (Wildman–Crippen LogP) is 3.69. The number of rotatable bonds is 6. The van der Waals surface area contributed by atoms with E-state index in [0.29, 0.717) is 24.4 Å². The molecule has 11 heteroatoms. The summed E-state index contributed by atoms with van der Waals surface area (Å²) in [6.45, 7) is 2.47. The van der Waals surface area contributed by atoms with Gasteiger partial charge in [-0.25, -0.2) is 23.0 Å². The molecule has 186 valence electrons. The Balaban J connectivity index is 1.24. The van der Waals surface area contributed by atoms with E-state index in [9.17, 15) is 9.65 Å². The lowest BCUT2D eigenvalue weighted by molar-refractivity contribution is 0.0128. The number of anilines is 1. The number of fused-ring (bicyclic) bond motifs is 2. The van der Waals surface area contributed by atoms with E-state index in [1.54, 1.807) is 9.20 Å². The lowest BCUT2D eigenvalue weighted by atomic mass is 9.75. The van der Waals surface area contributed by atoms with Gasteiger partial charge in [0.1, 0.15) is 23.9 Å². The van der Waals surface area contributed by atoms with Crippen LogP contribution in [0.25, 0.3) is 27.7 Å². The Morgan fingerprint density at radius 2 is 2.14 bits per heavy atom. The number of aryl methyl sites for hydroxylation is 2. The molecule has 9 nitrogen and oxygen atoms in total. The van der Waals surface area contributed by atoms with Crippen molar-refractivity contribution in [3.8, 4) is 17.2 Å². The Morgan fingerprint density at radius 1 is 1.28 bits per heavy atom. The first-order valence-corrected chi connectivity index (χ1v) is 12.3. The number of likely N-dealkylation sites (tertiary alicyclic amines) is 1. The van der Waals surface area contributed by atoms with Crippen LogP contribution in [-0.4, -0.2) is 72.0 Å². The fraction of sp³-hybridized carbons (Fsp3) is 0.480. The molecule has 1 aliphatic heterocycles. The highest BCUT2D eigenvalue weighted by Crippen LogP contribution is 2.39. The average molecular weight is 492 g/mol. The molecule has 0 bridgehead atoms. The average Bonchev–Trinajstić information content (AvgIpc) is 3.45. The normalized spacial score (nSPS) is 21.9. The molecule has 1 aromatic carbocycles. The minimum atomic E-state index is -1.11. The Bertz CT molecular complexity index is 1470. The van der Waals surface area contributed by atoms with Crippen LogP contribution in [0.1, 0.15) is 31.4 Å². The fourth-order valence-corrected chi connectivity index (χ4v) is 5.51. The van der Waals surface area contributed by atoms with Crippen molar-refractivity contribution in [3.05, 3.63) is 36.2 Å². The van der Waals surface area contributed by atoms with Gasteiger partial charge in [-0.05, 0) is 56.4 Å². The van der Waals surface area contributed by atoms with Crippen molar-refractivity contribution in [2.45, 2.75) is 56.9 Å². The van der Waals surface area contributed by atoms with Crippen LogP contribution in [0.3, 0.4) is 0 Å². The minimum Gasteiger partial charge on any atom is -0.347 e. The van der Waals surface area contributed by atoms with Gasteiger partial charge in [0.15, 0.2) is 0 Å². The number of nitrogens with one attached hydrogen (secondary N) is 1. The van der Waals surface area contributed by atoms with Crippen molar-refractivity contribution in [3.63, 3.8) is 0 Å². The summed E-state index contributed by atoms with van der Waals surface area (Å²) in [5, 5.41) is 25.5. The number of benzene rings is 1. The second kappa shape index (κ2) is 8.78. The molecular weight excluding hydrogens is 464 g/mol. The summed E-state index contributed by atoms with van der Waals surface area (Å²) in [5.41, 5.74) is 4.46. The monoisotopic (exact) mass is 491 g/mol. The lowest BCUT2D eigenvalue weighted by Gasteiger charge is -2.48. The largest absolute Gasteiger partial charge is 0.347 e. The van der Waals surface area contributed by atoms with Crippen molar-refractivity contribution in [1.82, 2.24) is 34.5 Å². The molecule has 0 amide bonds. The SMILES string of the molecule is Cc1nc(NC2CCN(C3(C#N)CCC3)CC2F)nn2ccc(-c3ccc4nnn(CCF)c4c3)c12. The molecule has 2 unspecified atom stereocenters. The Hall–Kier alpha value is -3.65. The van der Waals surface area contributed by atoms with Crippen molar-refractivity contribution >= 4 is 22.5 Å². The van der Waals surface area contributed by atoms with Gasteiger partial charge in [0.25, 0.3) is 0 Å². The van der Waals surface area contributed by atoms with Gasteiger partial charge in [0, 0.05) is 24.8 Å². The number of piperidine rings is 1. The van der Waals surface area contributed by atoms with Crippen molar-refractivity contribution < 1.29 is 8.78 Å². The molecule has 1 N–H and O–H groups in total. The first kappa shape index (κ1) is 22.8. The fourth-order valence-electron chi connectivity index (χ4n) is 5.51. The van der Waals surface area contributed by atoms with E-state index < -0.39 is 24.4 Å². The third-order valence-corrected chi connectivity index (χ3v) is 7.66. The van der Waals surface area contributed by atoms with Crippen LogP contribution in [0.2, 0.25) is 0 Å². The molecule has 6 rings (SSSR count). The van der Waals surface area contributed by atoms with E-state index in [4.69, 9.17) is 0 Å². The number of aromatic nitrogens is 6. The zero-order chi connectivity index (χ0) is 24.9. The van der Waals surface area contributed by atoms with Gasteiger partial charge < -0.3 is 5.32 Å². The third kappa shape index (κ3) is 3.67. The van der Waals surface area contributed by atoms with Crippen molar-refractivity contribution in [2.24, 2.45) is 0 Å². The summed E-state index contributed by atoms with van der Waals surface area (Å²) in [5.74, 6) is 0.377. The molecule has 4 heterocycles. The van der Waals surface area contributed by atoms with Crippen LogP contribution in [-0.2, 0) is 6.54 Å². The summed E-state index contributed by atoms with van der Waals surface area (Å²) < 4.78 is 31.3. The summed E-state index contributed by atoms with van der Waals surface area (Å²) in [6, 6.07) is 9.74. The Labute approximate surface area is 206 Å². The summed E-state index contributed by atoms with van der Waals surface area (Å²) >= 11 is 0. The first-order valence-electron chi connectivity index (χ1n) is 12.3. The highest BCUT2D eigenvalue weighted by molar-refractivity contribution is 5.88. The number of alkyl halides is 2. The summed E-state index contributed by atoms with van der Waals surface area (Å²) in [4.78, 5) is 6.66. The molecule has 1 saturated heterocycles. The van der Waals surface area contributed by atoms with E-state index in [2.05, 4.69) is 31.8 Å². The summed E-state index contributed by atoms with van der Waals surface area (Å²) in [6.07, 6.45) is 4.01. The molecule has 4 aromatic rings. The number of nitriles is 1. The van der Waals surface area contributed by atoms with Crippen LogP contribution in [0.5, 0.6) is 0 Å².